The Morgan fingerprint density at radius 2 is 1.36 bits per heavy atom. The van der Waals surface area contributed by atoms with Crippen molar-refractivity contribution >= 4 is 5.57 Å². The van der Waals surface area contributed by atoms with Crippen molar-refractivity contribution in [3.63, 3.8) is 0 Å². The van der Waals surface area contributed by atoms with Gasteiger partial charge < -0.3 is 30.3 Å². The molecular formula is C13H14Fe-6. The van der Waals surface area contributed by atoms with Gasteiger partial charge in [0.1, 0.15) is 0 Å². The third-order valence-corrected chi connectivity index (χ3v) is 1.71. The molecule has 0 saturated carbocycles. The predicted octanol–water partition coefficient (Wildman–Crippen LogP) is 3.84. The quantitative estimate of drug-likeness (QED) is 0.511. The van der Waals surface area contributed by atoms with Gasteiger partial charge in [-0.3, -0.25) is 0 Å². The molecule has 0 atom stereocenters. The van der Waals surface area contributed by atoms with Crippen LogP contribution in [-0.2, 0) is 17.1 Å². The summed E-state index contributed by atoms with van der Waals surface area (Å²) >= 11 is 0. The smallest absolute Gasteiger partial charge is 0 e. The Bertz CT molecular complexity index is 297. The minimum absolute atomic E-state index is 0. The van der Waals surface area contributed by atoms with E-state index in [0.29, 0.717) is 0 Å². The molecule has 0 unspecified atom stereocenters. The molecule has 0 fully saturated rings. The first-order valence-electron chi connectivity index (χ1n) is 4.35. The molecule has 14 heavy (non-hydrogen) atoms. The average molecular weight is 226 g/mol. The van der Waals surface area contributed by atoms with Crippen LogP contribution in [-0.4, -0.2) is 0 Å². The molecule has 0 aliphatic carbocycles. The van der Waals surface area contributed by atoms with Gasteiger partial charge in [0.15, 0.2) is 0 Å². The van der Waals surface area contributed by atoms with E-state index >= 15 is 0 Å². The molecular weight excluding hydrogens is 212 g/mol. The van der Waals surface area contributed by atoms with Crippen LogP contribution in [0.1, 0.15) is 12.5 Å². The molecule has 0 nitrogen and oxygen atoms in total. The summed E-state index contributed by atoms with van der Waals surface area (Å²) in [7, 11) is 0. The van der Waals surface area contributed by atoms with E-state index in [0.717, 1.165) is 5.57 Å². The maximum atomic E-state index is 3.80. The van der Waals surface area contributed by atoms with Crippen LogP contribution in [0.15, 0.2) is 61.2 Å². The van der Waals surface area contributed by atoms with Crippen LogP contribution < -0.4 is 0 Å². The zero-order chi connectivity index (χ0) is 9.52. The second-order valence-corrected chi connectivity index (χ2v) is 2.92. The molecule has 0 aromatic heterocycles. The fourth-order valence-corrected chi connectivity index (χ4v) is 0.979. The minimum Gasteiger partial charge on any atom is -0.748 e. The third kappa shape index (κ3) is 4.86. The molecule has 0 heterocycles. The minimum atomic E-state index is 0. The number of rotatable bonds is 1. The molecule has 0 amide bonds. The van der Waals surface area contributed by atoms with Gasteiger partial charge >= 0.3 is 0 Å². The van der Waals surface area contributed by atoms with Crippen molar-refractivity contribution in [3.05, 3.63) is 66.7 Å². The summed E-state index contributed by atoms with van der Waals surface area (Å²) in [6, 6.07) is 18.2. The Labute approximate surface area is 96.5 Å². The van der Waals surface area contributed by atoms with Gasteiger partial charge in [-0.2, -0.15) is 18.7 Å². The zero-order valence-corrected chi connectivity index (χ0v) is 9.36. The second-order valence-electron chi connectivity index (χ2n) is 2.92. The summed E-state index contributed by atoms with van der Waals surface area (Å²) in [6.07, 6.45) is 0. The van der Waals surface area contributed by atoms with Gasteiger partial charge in [0, 0.05) is 17.1 Å². The van der Waals surface area contributed by atoms with E-state index in [1.807, 2.05) is 49.4 Å². The average Bonchev–Trinajstić information content (AvgIpc) is 2.82. The molecule has 1 heteroatoms. The largest absolute Gasteiger partial charge is 0.748 e. The molecule has 0 radical (unpaired) electrons. The zero-order valence-electron chi connectivity index (χ0n) is 8.26. The fourth-order valence-electron chi connectivity index (χ4n) is 0.979. The molecule has 0 saturated heterocycles. The number of hydrogen-bond donors (Lipinski definition) is 0. The van der Waals surface area contributed by atoms with Gasteiger partial charge in [-0.1, -0.05) is 6.92 Å². The van der Waals surface area contributed by atoms with Crippen LogP contribution in [0.5, 0.6) is 0 Å². The van der Waals surface area contributed by atoms with Crippen molar-refractivity contribution in [1.29, 1.82) is 0 Å². The molecule has 0 spiro atoms. The summed E-state index contributed by atoms with van der Waals surface area (Å²) in [6.45, 7) is 5.81. The normalized spacial score (nSPS) is 8.07. The van der Waals surface area contributed by atoms with E-state index in [2.05, 4.69) is 18.7 Å². The van der Waals surface area contributed by atoms with Crippen LogP contribution in [0.25, 0.3) is 5.57 Å². The molecule has 80 valence electrons. The van der Waals surface area contributed by atoms with Crippen molar-refractivity contribution in [1.82, 2.24) is 0 Å². The van der Waals surface area contributed by atoms with E-state index in [1.165, 1.54) is 5.56 Å². The van der Waals surface area contributed by atoms with Gasteiger partial charge in [0.2, 0.25) is 0 Å². The molecule has 0 bridgehead atoms. The second kappa shape index (κ2) is 7.37. The van der Waals surface area contributed by atoms with Crippen molar-refractivity contribution < 1.29 is 17.1 Å². The third-order valence-electron chi connectivity index (χ3n) is 1.71. The summed E-state index contributed by atoms with van der Waals surface area (Å²) in [4.78, 5) is 0. The standard InChI is InChI=1S/C8H9.C5H5.Fe/c1-7(2)8-5-3-4-6-8;1-2-4-5-3-1;/h3-6H,1H2,2H3;1-5H;/q-1;-5;. The first-order chi connectivity index (χ1) is 6.30. The fraction of sp³-hybridized carbons (Fsp3) is 0.0769. The van der Waals surface area contributed by atoms with Gasteiger partial charge in [-0.05, 0) is 0 Å². The molecule has 2 aromatic rings. The molecule has 0 aliphatic rings. The summed E-state index contributed by atoms with van der Waals surface area (Å²) in [5.74, 6) is 0. The number of allylic oxidation sites excluding steroid dienone is 1. The van der Waals surface area contributed by atoms with E-state index in [4.69, 9.17) is 0 Å². The molecule has 0 aliphatic heterocycles. The maximum Gasteiger partial charge on any atom is 0 e. The topological polar surface area (TPSA) is 0 Å². The van der Waals surface area contributed by atoms with Crippen molar-refractivity contribution in [2.75, 3.05) is 0 Å². The van der Waals surface area contributed by atoms with E-state index in [-0.39, 0.29) is 17.1 Å². The first-order valence-corrected chi connectivity index (χ1v) is 4.35. The van der Waals surface area contributed by atoms with E-state index in [1.54, 1.807) is 0 Å². The van der Waals surface area contributed by atoms with Crippen LogP contribution in [0.4, 0.5) is 0 Å². The summed E-state index contributed by atoms with van der Waals surface area (Å²) in [5.41, 5.74) is 2.38. The van der Waals surface area contributed by atoms with E-state index in [9.17, 15) is 0 Å². The first kappa shape index (κ1) is 13.0. The monoisotopic (exact) mass is 226 g/mol. The van der Waals surface area contributed by atoms with Crippen molar-refractivity contribution in [2.45, 2.75) is 6.92 Å². The molecule has 2 rings (SSSR count). The van der Waals surface area contributed by atoms with Crippen LogP contribution in [0.2, 0.25) is 0 Å². The Kier molecular flexibility index (Phi) is 6.82. The molecule has 0 N–H and O–H groups in total. The number of hydrogen-bond acceptors (Lipinski definition) is 0. The summed E-state index contributed by atoms with van der Waals surface area (Å²) < 4.78 is 0. The van der Waals surface area contributed by atoms with Crippen LogP contribution in [0, 0.1) is 0 Å². The van der Waals surface area contributed by atoms with Crippen molar-refractivity contribution in [2.24, 2.45) is 0 Å². The SMILES string of the molecule is C=C(C)[c-]1cccc1.[Fe].[cH-]1[cH-][cH-][cH-][cH-]1. The Balaban J connectivity index is 0.000000246. The Hall–Kier alpha value is -1.04. The van der Waals surface area contributed by atoms with E-state index < -0.39 is 0 Å². The summed E-state index contributed by atoms with van der Waals surface area (Å²) in [5, 5.41) is 0. The Morgan fingerprint density at radius 1 is 1.00 bits per heavy atom. The van der Waals surface area contributed by atoms with Crippen LogP contribution in [0.3, 0.4) is 0 Å². The van der Waals surface area contributed by atoms with Gasteiger partial charge in [0.05, 0.1) is 0 Å². The van der Waals surface area contributed by atoms with Crippen LogP contribution >= 0.6 is 0 Å². The van der Waals surface area contributed by atoms with Gasteiger partial charge in [-0.15, -0.1) is 23.3 Å². The maximum absolute atomic E-state index is 3.80. The molecule has 2 aromatic carbocycles. The van der Waals surface area contributed by atoms with Gasteiger partial charge in [-0.25, -0.2) is 0 Å². The Morgan fingerprint density at radius 3 is 1.57 bits per heavy atom. The van der Waals surface area contributed by atoms with Crippen molar-refractivity contribution in [3.8, 4) is 0 Å². The predicted molar refractivity (Wildman–Crippen MR) is 58.8 cm³/mol. The van der Waals surface area contributed by atoms with Gasteiger partial charge in [0.25, 0.3) is 0 Å².